The third-order valence-corrected chi connectivity index (χ3v) is 9.51. The minimum absolute atomic E-state index is 0.285. The summed E-state index contributed by atoms with van der Waals surface area (Å²) < 4.78 is 8.10. The minimum Gasteiger partial charge on any atom is -0.457 e. The molecule has 8 rings (SSSR count). The van der Waals surface area contributed by atoms with Crippen LogP contribution in [0.2, 0.25) is 0 Å². The summed E-state index contributed by atoms with van der Waals surface area (Å²) in [6, 6.07) is 19.4. The summed E-state index contributed by atoms with van der Waals surface area (Å²) in [7, 11) is 0. The van der Waals surface area contributed by atoms with Crippen molar-refractivity contribution in [2.45, 2.75) is 37.4 Å². The lowest BCUT2D eigenvalue weighted by atomic mass is 10.0. The highest BCUT2D eigenvalue weighted by atomic mass is 16.5. The number of nitrogens with one attached hydrogen (secondary N) is 1. The number of nitrogens with two attached hydrogens (primary N) is 1. The second-order valence-corrected chi connectivity index (χ2v) is 11.9. The average Bonchev–Trinajstić information content (AvgIpc) is 3.66. The lowest BCUT2D eigenvalue weighted by Gasteiger charge is -2.37. The van der Waals surface area contributed by atoms with Crippen LogP contribution in [0.4, 0.5) is 5.82 Å². The second-order valence-electron chi connectivity index (χ2n) is 11.9. The molecule has 0 amide bonds. The van der Waals surface area contributed by atoms with E-state index in [9.17, 15) is 0 Å². The molecule has 3 saturated heterocycles. The molecule has 4 aromatic rings. The van der Waals surface area contributed by atoms with E-state index in [0.717, 1.165) is 84.8 Å². The Bertz CT molecular complexity index is 1570. The molecule has 41 heavy (non-hydrogen) atoms. The predicted molar refractivity (Wildman–Crippen MR) is 160 cm³/mol. The standard InChI is InChI=1S/C32H36N8O/c33-31-29-30(21-6-8-28(9-7-21)41-27-4-2-1-3-5-27)37-40(32(29)36-20-35-31)24-10-12-38(13-11-24)25-14-22-18-39(19-23(22)15-25)26-16-34-17-26/h1-9,14,20,23-26,34H,10-13,15-19H2,(H2,33,35,36)/t23-,25?/m0/s1. The molecule has 0 spiro atoms. The third kappa shape index (κ3) is 4.58. The fourth-order valence-electron chi connectivity index (χ4n) is 7.13. The smallest absolute Gasteiger partial charge is 0.164 e. The van der Waals surface area contributed by atoms with Crippen LogP contribution in [0.5, 0.6) is 11.5 Å². The molecule has 1 aliphatic carbocycles. The van der Waals surface area contributed by atoms with Crippen molar-refractivity contribution in [1.29, 1.82) is 0 Å². The van der Waals surface area contributed by atoms with E-state index in [2.05, 4.69) is 35.8 Å². The van der Waals surface area contributed by atoms with Gasteiger partial charge in [0, 0.05) is 56.9 Å². The Morgan fingerprint density at radius 1 is 0.878 bits per heavy atom. The van der Waals surface area contributed by atoms with Crippen LogP contribution >= 0.6 is 0 Å². The van der Waals surface area contributed by atoms with Gasteiger partial charge in [-0.1, -0.05) is 29.8 Å². The van der Waals surface area contributed by atoms with Crippen molar-refractivity contribution in [2.24, 2.45) is 5.92 Å². The van der Waals surface area contributed by atoms with E-state index in [4.69, 9.17) is 15.6 Å². The number of likely N-dealkylation sites (tertiary alicyclic amines) is 2. The molecule has 9 nitrogen and oxygen atoms in total. The van der Waals surface area contributed by atoms with Crippen molar-refractivity contribution in [2.75, 3.05) is 45.0 Å². The number of anilines is 1. The van der Waals surface area contributed by atoms with Gasteiger partial charge in [-0.05, 0) is 61.6 Å². The van der Waals surface area contributed by atoms with Crippen LogP contribution in [0.25, 0.3) is 22.3 Å². The fraction of sp³-hybridized carbons (Fsp3) is 0.406. The van der Waals surface area contributed by atoms with E-state index in [1.807, 2.05) is 54.6 Å². The first-order chi connectivity index (χ1) is 20.2. The van der Waals surface area contributed by atoms with Crippen molar-refractivity contribution >= 4 is 16.9 Å². The Balaban J connectivity index is 0.986. The number of hydrogen-bond donors (Lipinski definition) is 2. The maximum atomic E-state index is 6.41. The van der Waals surface area contributed by atoms with E-state index in [1.54, 1.807) is 11.9 Å². The first-order valence-corrected chi connectivity index (χ1v) is 14.9. The van der Waals surface area contributed by atoms with Gasteiger partial charge in [-0.3, -0.25) is 9.80 Å². The molecule has 3 fully saturated rings. The van der Waals surface area contributed by atoms with Gasteiger partial charge in [0.1, 0.15) is 29.3 Å². The highest BCUT2D eigenvalue weighted by Gasteiger charge is 2.40. The second kappa shape index (κ2) is 10.2. The first-order valence-electron chi connectivity index (χ1n) is 14.9. The molecule has 9 heteroatoms. The van der Waals surface area contributed by atoms with Gasteiger partial charge in [-0.25, -0.2) is 14.6 Å². The molecule has 1 unspecified atom stereocenters. The Hall–Kier alpha value is -3.79. The summed E-state index contributed by atoms with van der Waals surface area (Å²) in [5.41, 5.74) is 10.7. The Morgan fingerprint density at radius 3 is 2.39 bits per heavy atom. The SMILES string of the molecule is Nc1ncnc2c1c(-c1ccc(Oc3ccccc3)cc1)nn2C1CCN(C2C=C3CN(C4CNC4)C[C@@H]3C2)CC1. The molecular formula is C32H36N8O. The Morgan fingerprint density at radius 2 is 1.66 bits per heavy atom. The molecule has 0 saturated carbocycles. The van der Waals surface area contributed by atoms with Crippen molar-refractivity contribution in [3.8, 4) is 22.8 Å². The van der Waals surface area contributed by atoms with Crippen LogP contribution in [0.15, 0.2) is 72.6 Å². The van der Waals surface area contributed by atoms with E-state index in [0.29, 0.717) is 11.9 Å². The molecule has 2 aromatic heterocycles. The van der Waals surface area contributed by atoms with E-state index < -0.39 is 0 Å². The summed E-state index contributed by atoms with van der Waals surface area (Å²) in [6.45, 7) is 6.88. The average molecular weight is 549 g/mol. The van der Waals surface area contributed by atoms with Gasteiger partial charge in [0.25, 0.3) is 0 Å². The third-order valence-electron chi connectivity index (χ3n) is 9.51. The number of rotatable bonds is 6. The minimum atomic E-state index is 0.285. The molecule has 3 N–H and O–H groups in total. The molecule has 4 aliphatic rings. The molecule has 0 radical (unpaired) electrons. The van der Waals surface area contributed by atoms with Crippen molar-refractivity contribution in [3.63, 3.8) is 0 Å². The van der Waals surface area contributed by atoms with Gasteiger partial charge in [-0.2, -0.15) is 5.10 Å². The Labute approximate surface area is 240 Å². The van der Waals surface area contributed by atoms with Crippen molar-refractivity contribution < 1.29 is 4.74 Å². The number of nitrogens with zero attached hydrogens (tertiary/aromatic N) is 6. The summed E-state index contributed by atoms with van der Waals surface area (Å²) in [4.78, 5) is 14.3. The van der Waals surface area contributed by atoms with Gasteiger partial charge in [0.05, 0.1) is 11.4 Å². The summed E-state index contributed by atoms with van der Waals surface area (Å²) >= 11 is 0. The van der Waals surface area contributed by atoms with Crippen molar-refractivity contribution in [3.05, 3.63) is 72.6 Å². The summed E-state index contributed by atoms with van der Waals surface area (Å²) in [5, 5.41) is 9.36. The van der Waals surface area contributed by atoms with E-state index in [1.165, 1.54) is 19.5 Å². The van der Waals surface area contributed by atoms with Crippen LogP contribution in [-0.4, -0.2) is 80.9 Å². The molecule has 0 bridgehead atoms. The number of fused-ring (bicyclic) bond motifs is 2. The fourth-order valence-corrected chi connectivity index (χ4v) is 7.13. The first kappa shape index (κ1) is 25.0. The van der Waals surface area contributed by atoms with Crippen LogP contribution in [0.3, 0.4) is 0 Å². The Kier molecular flexibility index (Phi) is 6.23. The molecular weight excluding hydrogens is 512 g/mol. The van der Waals surface area contributed by atoms with Gasteiger partial charge >= 0.3 is 0 Å². The largest absolute Gasteiger partial charge is 0.457 e. The normalized spacial score (nSPS) is 24.0. The highest BCUT2D eigenvalue weighted by molar-refractivity contribution is 5.98. The summed E-state index contributed by atoms with van der Waals surface area (Å²) in [5.74, 6) is 2.80. The highest BCUT2D eigenvalue weighted by Crippen LogP contribution is 2.39. The lowest BCUT2D eigenvalue weighted by molar-refractivity contribution is 0.137. The van der Waals surface area contributed by atoms with Gasteiger partial charge in [0.2, 0.25) is 0 Å². The zero-order chi connectivity index (χ0) is 27.3. The van der Waals surface area contributed by atoms with Gasteiger partial charge in [0.15, 0.2) is 5.65 Å². The molecule has 2 atom stereocenters. The maximum absolute atomic E-state index is 6.41. The number of nitrogen functional groups attached to an aromatic ring is 1. The predicted octanol–water partition coefficient (Wildman–Crippen LogP) is 4.11. The molecule has 210 valence electrons. The molecule has 3 aliphatic heterocycles. The maximum Gasteiger partial charge on any atom is 0.164 e. The van der Waals surface area contributed by atoms with E-state index in [-0.39, 0.29) is 6.04 Å². The van der Waals surface area contributed by atoms with E-state index >= 15 is 0 Å². The summed E-state index contributed by atoms with van der Waals surface area (Å²) in [6.07, 6.45) is 7.52. The number of aromatic nitrogens is 4. The zero-order valence-electron chi connectivity index (χ0n) is 23.2. The van der Waals surface area contributed by atoms with Crippen LogP contribution < -0.4 is 15.8 Å². The topological polar surface area (TPSA) is 97.4 Å². The quantitative estimate of drug-likeness (QED) is 0.348. The molecule has 2 aromatic carbocycles. The zero-order valence-corrected chi connectivity index (χ0v) is 23.2. The van der Waals surface area contributed by atoms with Crippen LogP contribution in [0.1, 0.15) is 25.3 Å². The van der Waals surface area contributed by atoms with Crippen LogP contribution in [0, 0.1) is 5.92 Å². The van der Waals surface area contributed by atoms with Crippen LogP contribution in [-0.2, 0) is 0 Å². The number of ether oxygens (including phenoxy) is 1. The monoisotopic (exact) mass is 548 g/mol. The number of hydrogen-bond acceptors (Lipinski definition) is 8. The number of para-hydroxylation sites is 1. The van der Waals surface area contributed by atoms with Gasteiger partial charge < -0.3 is 15.8 Å². The van der Waals surface area contributed by atoms with Crippen molar-refractivity contribution in [1.82, 2.24) is 34.9 Å². The number of piperidine rings is 1. The lowest BCUT2D eigenvalue weighted by Crippen LogP contribution is -2.56. The van der Waals surface area contributed by atoms with Gasteiger partial charge in [-0.15, -0.1) is 0 Å². The number of benzene rings is 2. The molecule has 5 heterocycles.